The molecular formula is C12H10BrN5S3. The molecule has 9 heteroatoms. The van der Waals surface area contributed by atoms with Gasteiger partial charge in [0.1, 0.15) is 10.7 Å². The van der Waals surface area contributed by atoms with E-state index in [0.717, 1.165) is 35.4 Å². The molecule has 0 saturated carbocycles. The molecule has 3 aromatic rings. The summed E-state index contributed by atoms with van der Waals surface area (Å²) in [7, 11) is 0. The summed E-state index contributed by atoms with van der Waals surface area (Å²) in [4.78, 5) is 1.09. The number of aromatic nitrogens is 4. The first kappa shape index (κ1) is 14.9. The number of anilines is 1. The van der Waals surface area contributed by atoms with Crippen LogP contribution in [-0.4, -0.2) is 26.9 Å². The van der Waals surface area contributed by atoms with Gasteiger partial charge in [-0.2, -0.15) is 0 Å². The van der Waals surface area contributed by atoms with Gasteiger partial charge in [-0.15, -0.1) is 31.7 Å². The van der Waals surface area contributed by atoms with Gasteiger partial charge in [-0.1, -0.05) is 11.3 Å². The van der Waals surface area contributed by atoms with E-state index >= 15 is 0 Å². The molecule has 3 aromatic heterocycles. The van der Waals surface area contributed by atoms with Crippen molar-refractivity contribution in [2.45, 2.75) is 16.3 Å². The third-order valence-corrected chi connectivity index (χ3v) is 5.90. The largest absolute Gasteiger partial charge is 0.360 e. The standard InChI is InChI=1S/C12H10BrN5S3/c1-2-14-11-17-18-12(21-11)20-10-6-3-7(15-16-10)8-4-5-9(13)19-8/h3-6H,2H2,1H3,(H,14,17). The Kier molecular flexibility index (Phi) is 4.84. The summed E-state index contributed by atoms with van der Waals surface area (Å²) in [5.74, 6) is 0. The molecule has 1 N–H and O–H groups in total. The first-order valence-electron chi connectivity index (χ1n) is 6.09. The molecule has 0 fully saturated rings. The summed E-state index contributed by atoms with van der Waals surface area (Å²) in [6, 6.07) is 7.96. The van der Waals surface area contributed by atoms with Crippen molar-refractivity contribution >= 4 is 55.5 Å². The molecular weight excluding hydrogens is 390 g/mol. The van der Waals surface area contributed by atoms with Gasteiger partial charge in [0, 0.05) is 6.54 Å². The second-order valence-electron chi connectivity index (χ2n) is 3.87. The van der Waals surface area contributed by atoms with Gasteiger partial charge in [-0.05, 0) is 58.9 Å². The summed E-state index contributed by atoms with van der Waals surface area (Å²) >= 11 is 8.07. The second-order valence-corrected chi connectivity index (χ2v) is 8.57. The van der Waals surface area contributed by atoms with Crippen LogP contribution in [0.15, 0.2) is 37.4 Å². The molecule has 3 heterocycles. The van der Waals surface area contributed by atoms with E-state index in [-0.39, 0.29) is 0 Å². The Balaban J connectivity index is 1.71. The van der Waals surface area contributed by atoms with Crippen LogP contribution in [-0.2, 0) is 0 Å². The maximum Gasteiger partial charge on any atom is 0.206 e. The second kappa shape index (κ2) is 6.82. The van der Waals surface area contributed by atoms with Gasteiger partial charge in [0.2, 0.25) is 5.13 Å². The lowest BCUT2D eigenvalue weighted by molar-refractivity contribution is 0.932. The molecule has 0 radical (unpaired) electrons. The number of nitrogens with zero attached hydrogens (tertiary/aromatic N) is 4. The van der Waals surface area contributed by atoms with E-state index in [1.54, 1.807) is 11.3 Å². The Morgan fingerprint density at radius 2 is 2.00 bits per heavy atom. The fourth-order valence-corrected chi connectivity index (χ4v) is 4.56. The zero-order valence-corrected chi connectivity index (χ0v) is 14.9. The normalized spacial score (nSPS) is 10.8. The zero-order valence-electron chi connectivity index (χ0n) is 10.9. The smallest absolute Gasteiger partial charge is 0.206 e. The minimum atomic E-state index is 0.813. The highest BCUT2D eigenvalue weighted by atomic mass is 79.9. The van der Waals surface area contributed by atoms with Crippen molar-refractivity contribution in [3.05, 3.63) is 28.1 Å². The molecule has 0 aliphatic carbocycles. The monoisotopic (exact) mass is 399 g/mol. The summed E-state index contributed by atoms with van der Waals surface area (Å²) in [5.41, 5.74) is 0.876. The SMILES string of the molecule is CCNc1nnc(Sc2ccc(-c3ccc(Br)s3)nn2)s1. The third-order valence-electron chi connectivity index (χ3n) is 2.39. The van der Waals surface area contributed by atoms with E-state index in [0.29, 0.717) is 0 Å². The molecule has 0 bridgehead atoms. The molecule has 0 atom stereocenters. The first-order chi connectivity index (χ1) is 10.2. The predicted molar refractivity (Wildman–Crippen MR) is 91.2 cm³/mol. The van der Waals surface area contributed by atoms with Gasteiger partial charge >= 0.3 is 0 Å². The van der Waals surface area contributed by atoms with E-state index in [2.05, 4.69) is 41.6 Å². The van der Waals surface area contributed by atoms with Crippen LogP contribution in [0.5, 0.6) is 0 Å². The maximum absolute atomic E-state index is 4.26. The maximum atomic E-state index is 4.26. The molecule has 0 aliphatic rings. The minimum Gasteiger partial charge on any atom is -0.360 e. The van der Waals surface area contributed by atoms with Crippen LogP contribution in [0.1, 0.15) is 6.92 Å². The highest BCUT2D eigenvalue weighted by Gasteiger charge is 2.08. The van der Waals surface area contributed by atoms with E-state index in [1.807, 2.05) is 31.2 Å². The number of hydrogen-bond donors (Lipinski definition) is 1. The van der Waals surface area contributed by atoms with E-state index < -0.39 is 0 Å². The van der Waals surface area contributed by atoms with Crippen LogP contribution in [0.25, 0.3) is 10.6 Å². The number of nitrogens with one attached hydrogen (secondary N) is 1. The van der Waals surface area contributed by atoms with Crippen LogP contribution < -0.4 is 5.32 Å². The van der Waals surface area contributed by atoms with Crippen molar-refractivity contribution < 1.29 is 0 Å². The molecule has 3 rings (SSSR count). The van der Waals surface area contributed by atoms with E-state index in [9.17, 15) is 0 Å². The lowest BCUT2D eigenvalue weighted by atomic mass is 10.3. The Morgan fingerprint density at radius 1 is 1.10 bits per heavy atom. The van der Waals surface area contributed by atoms with Crippen LogP contribution >= 0.6 is 50.4 Å². The molecule has 0 unspecified atom stereocenters. The van der Waals surface area contributed by atoms with Crippen LogP contribution in [0.3, 0.4) is 0 Å². The van der Waals surface area contributed by atoms with Crippen LogP contribution in [0.4, 0.5) is 5.13 Å². The van der Waals surface area contributed by atoms with Crippen LogP contribution in [0.2, 0.25) is 0 Å². The lowest BCUT2D eigenvalue weighted by Crippen LogP contribution is -1.94. The highest BCUT2D eigenvalue weighted by Crippen LogP contribution is 2.33. The number of thiophene rings is 1. The summed E-state index contributed by atoms with van der Waals surface area (Å²) < 4.78 is 1.94. The fraction of sp³-hybridized carbons (Fsp3) is 0.167. The van der Waals surface area contributed by atoms with Gasteiger partial charge in [0.15, 0.2) is 4.34 Å². The van der Waals surface area contributed by atoms with Gasteiger partial charge < -0.3 is 5.32 Å². The quantitative estimate of drug-likeness (QED) is 0.685. The Morgan fingerprint density at radius 3 is 2.67 bits per heavy atom. The van der Waals surface area contributed by atoms with E-state index in [4.69, 9.17) is 0 Å². The lowest BCUT2D eigenvalue weighted by Gasteiger charge is -1.97. The Bertz CT molecular complexity index is 725. The molecule has 0 amide bonds. The Labute approximate surface area is 142 Å². The van der Waals surface area contributed by atoms with Crippen molar-refractivity contribution in [3.63, 3.8) is 0 Å². The Hall–Kier alpha value is -1.03. The summed E-state index contributed by atoms with van der Waals surface area (Å²) in [6.07, 6.45) is 0. The minimum absolute atomic E-state index is 0.813. The van der Waals surface area contributed by atoms with Gasteiger partial charge in [0.05, 0.1) is 8.66 Å². The fourth-order valence-electron chi connectivity index (χ4n) is 1.52. The van der Waals surface area contributed by atoms with Gasteiger partial charge in [-0.25, -0.2) is 0 Å². The molecule has 108 valence electrons. The molecule has 0 aromatic carbocycles. The van der Waals surface area contributed by atoms with Crippen molar-refractivity contribution in [1.29, 1.82) is 0 Å². The van der Waals surface area contributed by atoms with Crippen molar-refractivity contribution in [1.82, 2.24) is 20.4 Å². The topological polar surface area (TPSA) is 63.6 Å². The zero-order chi connectivity index (χ0) is 14.7. The average molecular weight is 400 g/mol. The number of hydrogen-bond acceptors (Lipinski definition) is 8. The van der Waals surface area contributed by atoms with Crippen molar-refractivity contribution in [3.8, 4) is 10.6 Å². The van der Waals surface area contributed by atoms with Crippen molar-refractivity contribution in [2.75, 3.05) is 11.9 Å². The van der Waals surface area contributed by atoms with Gasteiger partial charge in [-0.3, -0.25) is 0 Å². The first-order valence-corrected chi connectivity index (χ1v) is 9.33. The highest BCUT2D eigenvalue weighted by molar-refractivity contribution is 9.11. The molecule has 5 nitrogen and oxygen atoms in total. The summed E-state index contributed by atoms with van der Waals surface area (Å²) in [5, 5.41) is 21.4. The number of rotatable bonds is 5. The average Bonchev–Trinajstić information content (AvgIpc) is 3.10. The van der Waals surface area contributed by atoms with E-state index in [1.165, 1.54) is 23.1 Å². The van der Waals surface area contributed by atoms with Crippen molar-refractivity contribution in [2.24, 2.45) is 0 Å². The molecule has 0 saturated heterocycles. The predicted octanol–water partition coefficient (Wildman–Crippen LogP) is 4.40. The molecule has 21 heavy (non-hydrogen) atoms. The molecule has 0 aliphatic heterocycles. The van der Waals surface area contributed by atoms with Gasteiger partial charge in [0.25, 0.3) is 0 Å². The summed E-state index contributed by atoms with van der Waals surface area (Å²) in [6.45, 7) is 2.87. The number of halogens is 1. The third kappa shape index (κ3) is 3.79. The molecule has 0 spiro atoms. The van der Waals surface area contributed by atoms with Crippen LogP contribution in [0, 0.1) is 0 Å².